The summed E-state index contributed by atoms with van der Waals surface area (Å²) in [6.45, 7) is 3.37. The maximum Gasteiger partial charge on any atom is 0.315 e. The predicted molar refractivity (Wildman–Crippen MR) is 98.8 cm³/mol. The molecule has 0 aromatic heterocycles. The quantitative estimate of drug-likeness (QED) is 0.780. The normalized spacial score (nSPS) is 17.9. The highest BCUT2D eigenvalue weighted by atomic mass is 16.5. The van der Waals surface area contributed by atoms with E-state index in [0.29, 0.717) is 19.6 Å². The highest BCUT2D eigenvalue weighted by Crippen LogP contribution is 2.37. The van der Waals surface area contributed by atoms with Crippen molar-refractivity contribution in [3.8, 4) is 5.75 Å². The summed E-state index contributed by atoms with van der Waals surface area (Å²) in [6.07, 6.45) is 2.44. The van der Waals surface area contributed by atoms with E-state index in [1.165, 1.54) is 0 Å². The first-order valence-corrected chi connectivity index (χ1v) is 8.98. The summed E-state index contributed by atoms with van der Waals surface area (Å²) in [6, 6.07) is 12.1. The van der Waals surface area contributed by atoms with E-state index in [1.54, 1.807) is 0 Å². The van der Waals surface area contributed by atoms with Crippen LogP contribution in [0.3, 0.4) is 0 Å². The van der Waals surface area contributed by atoms with Crippen LogP contribution in [0.2, 0.25) is 0 Å². The highest BCUT2D eigenvalue weighted by molar-refractivity contribution is 5.90. The zero-order valence-electron chi connectivity index (χ0n) is 14.6. The van der Waals surface area contributed by atoms with E-state index >= 15 is 0 Å². The van der Waals surface area contributed by atoms with E-state index in [1.807, 2.05) is 19.1 Å². The van der Waals surface area contributed by atoms with Crippen LogP contribution in [0.5, 0.6) is 5.75 Å². The summed E-state index contributed by atoms with van der Waals surface area (Å²) in [5.74, 6) is 1.14. The average molecular weight is 342 g/mol. The number of rotatable bonds is 5. The number of aliphatic hydroxyl groups is 1. The topological polar surface area (TPSA) is 70.6 Å². The lowest BCUT2D eigenvalue weighted by molar-refractivity contribution is 0.230. The van der Waals surface area contributed by atoms with Gasteiger partial charge in [0.05, 0.1) is 12.6 Å². The lowest BCUT2D eigenvalue weighted by Gasteiger charge is -2.20. The molecule has 0 fully saturated rings. The Kier molecular flexibility index (Phi) is 5.76. The molecule has 0 saturated carbocycles. The minimum Gasteiger partial charge on any atom is -0.493 e. The van der Waals surface area contributed by atoms with Gasteiger partial charge in [0.15, 0.2) is 0 Å². The number of carbonyl (C=O) groups excluding carboxylic acids is 1. The van der Waals surface area contributed by atoms with Gasteiger partial charge < -0.3 is 20.5 Å². The van der Waals surface area contributed by atoms with Crippen LogP contribution in [0.15, 0.2) is 36.4 Å². The number of benzene rings is 2. The summed E-state index contributed by atoms with van der Waals surface area (Å²) in [4.78, 5) is 12.3. The van der Waals surface area contributed by atoms with Gasteiger partial charge in [-0.1, -0.05) is 43.3 Å². The molecule has 2 amide bonds. The summed E-state index contributed by atoms with van der Waals surface area (Å²) < 4.78 is 6.00. The van der Waals surface area contributed by atoms with Gasteiger partial charge in [-0.3, -0.25) is 0 Å². The van der Waals surface area contributed by atoms with Crippen molar-refractivity contribution >= 4 is 16.8 Å². The van der Waals surface area contributed by atoms with E-state index in [2.05, 4.69) is 34.9 Å². The molecule has 3 N–H and O–H groups in total. The van der Waals surface area contributed by atoms with Gasteiger partial charge >= 0.3 is 6.03 Å². The first-order valence-electron chi connectivity index (χ1n) is 8.98. The van der Waals surface area contributed by atoms with Crippen LogP contribution in [0.1, 0.15) is 37.8 Å². The standard InChI is InChI=1S/C20H26N2O3/c1-14(10-11-23)13-21-20(24)22-18-7-4-12-25-19-16-6-3-2-5-15(16)8-9-17(18)19/h2-3,5-6,8-9,14,18,23H,4,7,10-13H2,1H3,(H2,21,22,24). The van der Waals surface area contributed by atoms with Crippen LogP contribution in [0.25, 0.3) is 10.8 Å². The molecular weight excluding hydrogens is 316 g/mol. The van der Waals surface area contributed by atoms with Crippen molar-refractivity contribution in [3.63, 3.8) is 0 Å². The Hall–Kier alpha value is -2.27. The molecular formula is C20H26N2O3. The predicted octanol–water partition coefficient (Wildman–Crippen LogP) is 3.37. The summed E-state index contributed by atoms with van der Waals surface area (Å²) in [7, 11) is 0. The van der Waals surface area contributed by atoms with Crippen molar-refractivity contribution in [2.24, 2.45) is 5.92 Å². The summed E-state index contributed by atoms with van der Waals surface area (Å²) >= 11 is 0. The number of urea groups is 1. The van der Waals surface area contributed by atoms with Crippen molar-refractivity contribution in [2.45, 2.75) is 32.2 Å². The lowest BCUT2D eigenvalue weighted by Crippen LogP contribution is -2.39. The van der Waals surface area contributed by atoms with Gasteiger partial charge in [0.1, 0.15) is 5.75 Å². The number of amides is 2. The van der Waals surface area contributed by atoms with Crippen LogP contribution in [0.4, 0.5) is 4.79 Å². The SMILES string of the molecule is CC(CCO)CNC(=O)NC1CCCOc2c1ccc1ccccc21. The second-order valence-electron chi connectivity index (χ2n) is 6.72. The van der Waals surface area contributed by atoms with Crippen LogP contribution >= 0.6 is 0 Å². The number of hydrogen-bond acceptors (Lipinski definition) is 3. The van der Waals surface area contributed by atoms with Crippen molar-refractivity contribution in [2.75, 3.05) is 19.8 Å². The van der Waals surface area contributed by atoms with Crippen molar-refractivity contribution in [1.29, 1.82) is 0 Å². The molecule has 2 unspecified atom stereocenters. The first-order chi connectivity index (χ1) is 12.2. The Labute approximate surface area is 148 Å². The van der Waals surface area contributed by atoms with Gasteiger partial charge in [-0.05, 0) is 30.6 Å². The first kappa shape index (κ1) is 17.5. The molecule has 1 aliphatic rings. The Morgan fingerprint density at radius 3 is 3.00 bits per heavy atom. The van der Waals surface area contributed by atoms with Crippen LogP contribution in [-0.4, -0.2) is 30.9 Å². The number of ether oxygens (including phenoxy) is 1. The van der Waals surface area contributed by atoms with E-state index < -0.39 is 0 Å². The molecule has 3 rings (SSSR count). The number of aliphatic hydroxyl groups excluding tert-OH is 1. The van der Waals surface area contributed by atoms with Crippen molar-refractivity contribution in [3.05, 3.63) is 42.0 Å². The average Bonchev–Trinajstić information content (AvgIpc) is 2.83. The van der Waals surface area contributed by atoms with E-state index in [0.717, 1.165) is 34.9 Å². The molecule has 0 saturated heterocycles. The van der Waals surface area contributed by atoms with Crippen molar-refractivity contribution < 1.29 is 14.6 Å². The molecule has 2 aromatic carbocycles. The monoisotopic (exact) mass is 342 g/mol. The zero-order valence-corrected chi connectivity index (χ0v) is 14.6. The smallest absolute Gasteiger partial charge is 0.315 e. The third-order valence-corrected chi connectivity index (χ3v) is 4.71. The highest BCUT2D eigenvalue weighted by Gasteiger charge is 2.23. The van der Waals surface area contributed by atoms with Gasteiger partial charge in [0.2, 0.25) is 0 Å². The molecule has 0 aliphatic carbocycles. The Morgan fingerprint density at radius 2 is 2.16 bits per heavy atom. The molecule has 0 spiro atoms. The van der Waals surface area contributed by atoms with E-state index in [9.17, 15) is 4.79 Å². The molecule has 2 atom stereocenters. The molecule has 5 heteroatoms. The Balaban J connectivity index is 1.75. The Bertz CT molecular complexity index is 732. The zero-order chi connectivity index (χ0) is 17.6. The Morgan fingerprint density at radius 1 is 1.32 bits per heavy atom. The maximum atomic E-state index is 12.3. The molecule has 25 heavy (non-hydrogen) atoms. The second-order valence-corrected chi connectivity index (χ2v) is 6.72. The van der Waals surface area contributed by atoms with Gasteiger partial charge in [-0.15, -0.1) is 0 Å². The summed E-state index contributed by atoms with van der Waals surface area (Å²) in [5, 5.41) is 17.2. The minimum absolute atomic E-state index is 0.0599. The number of carbonyl (C=O) groups is 1. The number of hydrogen-bond donors (Lipinski definition) is 3. The number of nitrogens with one attached hydrogen (secondary N) is 2. The fourth-order valence-corrected chi connectivity index (χ4v) is 3.26. The number of fused-ring (bicyclic) bond motifs is 3. The molecule has 1 aliphatic heterocycles. The van der Waals surface area contributed by atoms with Crippen LogP contribution in [0, 0.1) is 5.92 Å². The minimum atomic E-state index is -0.171. The molecule has 1 heterocycles. The molecule has 2 aromatic rings. The third kappa shape index (κ3) is 4.23. The maximum absolute atomic E-state index is 12.3. The van der Waals surface area contributed by atoms with Gasteiger partial charge in [-0.25, -0.2) is 4.79 Å². The van der Waals surface area contributed by atoms with Gasteiger partial charge in [0.25, 0.3) is 0 Å². The van der Waals surface area contributed by atoms with Gasteiger partial charge in [0, 0.05) is 24.1 Å². The molecule has 134 valence electrons. The molecule has 5 nitrogen and oxygen atoms in total. The van der Waals surface area contributed by atoms with Crippen LogP contribution < -0.4 is 15.4 Å². The second kappa shape index (κ2) is 8.21. The lowest BCUT2D eigenvalue weighted by atomic mass is 9.98. The molecule has 0 radical (unpaired) electrons. The fourth-order valence-electron chi connectivity index (χ4n) is 3.26. The van der Waals surface area contributed by atoms with Crippen LogP contribution in [-0.2, 0) is 0 Å². The van der Waals surface area contributed by atoms with E-state index in [-0.39, 0.29) is 24.6 Å². The summed E-state index contributed by atoms with van der Waals surface area (Å²) in [5.41, 5.74) is 1.04. The largest absolute Gasteiger partial charge is 0.493 e. The van der Waals surface area contributed by atoms with Gasteiger partial charge in [-0.2, -0.15) is 0 Å². The molecule has 0 bridgehead atoms. The van der Waals surface area contributed by atoms with Crippen molar-refractivity contribution in [1.82, 2.24) is 10.6 Å². The third-order valence-electron chi connectivity index (χ3n) is 4.71. The fraction of sp³-hybridized carbons (Fsp3) is 0.450. The van der Waals surface area contributed by atoms with E-state index in [4.69, 9.17) is 9.84 Å².